The van der Waals surface area contributed by atoms with E-state index in [0.29, 0.717) is 18.8 Å². The van der Waals surface area contributed by atoms with Gasteiger partial charge in [0, 0.05) is 18.8 Å². The van der Waals surface area contributed by atoms with Crippen molar-refractivity contribution in [2.45, 2.75) is 32.1 Å². The Hall–Kier alpha value is -2.11. The Morgan fingerprint density at radius 3 is 2.33 bits per heavy atom. The molecule has 1 fully saturated rings. The van der Waals surface area contributed by atoms with Crippen molar-refractivity contribution in [3.05, 3.63) is 29.6 Å². The van der Waals surface area contributed by atoms with Crippen molar-refractivity contribution in [2.24, 2.45) is 0 Å². The van der Waals surface area contributed by atoms with E-state index in [4.69, 9.17) is 5.11 Å². The summed E-state index contributed by atoms with van der Waals surface area (Å²) in [6.45, 7) is 1.39. The SMILES string of the molecule is O=C(O)c1cc(NC(=O)N2CCCCCCC2)ccc1F. The molecule has 21 heavy (non-hydrogen) atoms. The Balaban J connectivity index is 2.04. The number of carboxylic acids is 1. The van der Waals surface area contributed by atoms with Crippen LogP contribution in [0.5, 0.6) is 0 Å². The zero-order valence-corrected chi connectivity index (χ0v) is 11.8. The molecule has 2 amide bonds. The number of urea groups is 1. The third kappa shape index (κ3) is 4.18. The summed E-state index contributed by atoms with van der Waals surface area (Å²) in [6.07, 6.45) is 5.37. The second kappa shape index (κ2) is 7.06. The Kier molecular flexibility index (Phi) is 5.14. The van der Waals surface area contributed by atoms with Crippen molar-refractivity contribution in [1.29, 1.82) is 0 Å². The molecule has 0 bridgehead atoms. The van der Waals surface area contributed by atoms with Crippen LogP contribution >= 0.6 is 0 Å². The second-order valence-corrected chi connectivity index (χ2v) is 5.18. The number of carbonyl (C=O) groups is 2. The topological polar surface area (TPSA) is 69.6 Å². The Morgan fingerprint density at radius 1 is 1.10 bits per heavy atom. The molecule has 0 radical (unpaired) electrons. The number of carbonyl (C=O) groups excluding carboxylic acids is 1. The molecule has 1 aromatic carbocycles. The van der Waals surface area contributed by atoms with E-state index in [1.54, 1.807) is 4.90 Å². The maximum Gasteiger partial charge on any atom is 0.338 e. The highest BCUT2D eigenvalue weighted by Gasteiger charge is 2.16. The van der Waals surface area contributed by atoms with Crippen LogP contribution in [0, 0.1) is 5.82 Å². The van der Waals surface area contributed by atoms with Gasteiger partial charge in [-0.3, -0.25) is 0 Å². The number of anilines is 1. The summed E-state index contributed by atoms with van der Waals surface area (Å²) in [7, 11) is 0. The maximum absolute atomic E-state index is 13.3. The minimum absolute atomic E-state index is 0.264. The van der Waals surface area contributed by atoms with Gasteiger partial charge in [0.25, 0.3) is 0 Å². The normalized spacial score (nSPS) is 16.0. The fourth-order valence-electron chi connectivity index (χ4n) is 2.42. The number of nitrogens with zero attached hydrogens (tertiary/aromatic N) is 1. The number of likely N-dealkylation sites (tertiary alicyclic amines) is 1. The van der Waals surface area contributed by atoms with Crippen molar-refractivity contribution in [3.8, 4) is 0 Å². The van der Waals surface area contributed by atoms with Crippen molar-refractivity contribution in [1.82, 2.24) is 4.90 Å². The van der Waals surface area contributed by atoms with Gasteiger partial charge in [-0.05, 0) is 31.0 Å². The molecule has 1 aromatic rings. The van der Waals surface area contributed by atoms with Crippen LogP contribution < -0.4 is 5.32 Å². The number of aromatic carboxylic acids is 1. The Morgan fingerprint density at radius 2 is 1.71 bits per heavy atom. The zero-order valence-electron chi connectivity index (χ0n) is 11.8. The maximum atomic E-state index is 13.3. The number of benzene rings is 1. The monoisotopic (exact) mass is 294 g/mol. The minimum Gasteiger partial charge on any atom is -0.478 e. The van der Waals surface area contributed by atoms with Gasteiger partial charge < -0.3 is 15.3 Å². The van der Waals surface area contributed by atoms with E-state index in [1.165, 1.54) is 12.5 Å². The van der Waals surface area contributed by atoms with E-state index in [2.05, 4.69) is 5.32 Å². The molecular weight excluding hydrogens is 275 g/mol. The van der Waals surface area contributed by atoms with Crippen molar-refractivity contribution in [2.75, 3.05) is 18.4 Å². The third-order valence-electron chi connectivity index (χ3n) is 3.59. The number of carboxylic acid groups (broad SMARTS) is 1. The summed E-state index contributed by atoms with van der Waals surface area (Å²) < 4.78 is 13.3. The largest absolute Gasteiger partial charge is 0.478 e. The molecule has 5 nitrogen and oxygen atoms in total. The number of hydrogen-bond donors (Lipinski definition) is 2. The van der Waals surface area contributed by atoms with E-state index in [1.807, 2.05) is 0 Å². The number of hydrogen-bond acceptors (Lipinski definition) is 2. The average Bonchev–Trinajstić information content (AvgIpc) is 2.40. The summed E-state index contributed by atoms with van der Waals surface area (Å²) in [5.41, 5.74) is -0.152. The number of rotatable bonds is 2. The minimum atomic E-state index is -1.35. The molecule has 2 rings (SSSR count). The van der Waals surface area contributed by atoms with E-state index < -0.39 is 17.3 Å². The smallest absolute Gasteiger partial charge is 0.338 e. The lowest BCUT2D eigenvalue weighted by atomic mass is 10.1. The molecule has 0 aromatic heterocycles. The van der Waals surface area contributed by atoms with Gasteiger partial charge in [-0.15, -0.1) is 0 Å². The van der Waals surface area contributed by atoms with Crippen molar-refractivity contribution in [3.63, 3.8) is 0 Å². The van der Waals surface area contributed by atoms with Gasteiger partial charge in [0.15, 0.2) is 0 Å². The van der Waals surface area contributed by atoms with Gasteiger partial charge in [-0.1, -0.05) is 19.3 Å². The fraction of sp³-hybridized carbons (Fsp3) is 0.467. The highest BCUT2D eigenvalue weighted by Crippen LogP contribution is 2.16. The summed E-state index contributed by atoms with van der Waals surface area (Å²) in [5, 5.41) is 11.5. The van der Waals surface area contributed by atoms with E-state index in [0.717, 1.165) is 37.8 Å². The molecule has 114 valence electrons. The van der Waals surface area contributed by atoms with Crippen LogP contribution in [-0.4, -0.2) is 35.1 Å². The van der Waals surface area contributed by atoms with Gasteiger partial charge in [0.05, 0.1) is 5.56 Å². The van der Waals surface area contributed by atoms with Crippen LogP contribution in [0.1, 0.15) is 42.5 Å². The third-order valence-corrected chi connectivity index (χ3v) is 3.59. The standard InChI is InChI=1S/C15H19FN2O3/c16-13-7-6-11(10-12(13)14(19)20)17-15(21)18-8-4-2-1-3-5-9-18/h6-7,10H,1-5,8-9H2,(H,17,21)(H,19,20). The number of halogens is 1. The second-order valence-electron chi connectivity index (χ2n) is 5.18. The molecule has 1 heterocycles. The first kappa shape index (κ1) is 15.3. The van der Waals surface area contributed by atoms with Gasteiger partial charge in [-0.25, -0.2) is 14.0 Å². The lowest BCUT2D eigenvalue weighted by Crippen LogP contribution is -2.37. The predicted octanol–water partition coefficient (Wildman–Crippen LogP) is 3.32. The summed E-state index contributed by atoms with van der Waals surface area (Å²) in [4.78, 5) is 24.8. The highest BCUT2D eigenvalue weighted by atomic mass is 19.1. The van der Waals surface area contributed by atoms with E-state index in [9.17, 15) is 14.0 Å². The van der Waals surface area contributed by atoms with Gasteiger partial charge >= 0.3 is 12.0 Å². The molecule has 0 atom stereocenters. The van der Waals surface area contributed by atoms with E-state index in [-0.39, 0.29) is 6.03 Å². The molecule has 1 aliphatic rings. The van der Waals surface area contributed by atoms with Crippen molar-refractivity contribution >= 4 is 17.7 Å². The Labute approximate surface area is 122 Å². The summed E-state index contributed by atoms with van der Waals surface area (Å²) in [5.74, 6) is -2.17. The number of amides is 2. The lowest BCUT2D eigenvalue weighted by Gasteiger charge is -2.25. The van der Waals surface area contributed by atoms with Crippen LogP contribution in [0.4, 0.5) is 14.9 Å². The molecule has 2 N–H and O–H groups in total. The predicted molar refractivity (Wildman–Crippen MR) is 77.0 cm³/mol. The molecular formula is C15H19FN2O3. The zero-order chi connectivity index (χ0) is 15.2. The van der Waals surface area contributed by atoms with Gasteiger partial charge in [-0.2, -0.15) is 0 Å². The van der Waals surface area contributed by atoms with Crippen LogP contribution in [0.15, 0.2) is 18.2 Å². The van der Waals surface area contributed by atoms with Crippen LogP contribution in [0.25, 0.3) is 0 Å². The van der Waals surface area contributed by atoms with Gasteiger partial charge in [0.2, 0.25) is 0 Å². The first-order chi connectivity index (χ1) is 10.1. The molecule has 0 unspecified atom stereocenters. The van der Waals surface area contributed by atoms with Gasteiger partial charge in [0.1, 0.15) is 5.82 Å². The molecule has 0 spiro atoms. The Bertz CT molecular complexity index is 526. The van der Waals surface area contributed by atoms with Crippen LogP contribution in [0.3, 0.4) is 0 Å². The van der Waals surface area contributed by atoms with Crippen LogP contribution in [-0.2, 0) is 0 Å². The molecule has 0 saturated carbocycles. The number of nitrogens with one attached hydrogen (secondary N) is 1. The first-order valence-electron chi connectivity index (χ1n) is 7.16. The van der Waals surface area contributed by atoms with Crippen molar-refractivity contribution < 1.29 is 19.1 Å². The molecule has 6 heteroatoms. The van der Waals surface area contributed by atoms with Crippen LogP contribution in [0.2, 0.25) is 0 Å². The fourth-order valence-corrected chi connectivity index (χ4v) is 2.42. The van der Waals surface area contributed by atoms with E-state index >= 15 is 0 Å². The lowest BCUT2D eigenvalue weighted by molar-refractivity contribution is 0.0692. The molecule has 1 aliphatic heterocycles. The summed E-state index contributed by atoms with van der Waals surface area (Å²) >= 11 is 0. The quantitative estimate of drug-likeness (QED) is 0.879. The first-order valence-corrected chi connectivity index (χ1v) is 7.16. The highest BCUT2D eigenvalue weighted by molar-refractivity contribution is 5.93. The summed E-state index contributed by atoms with van der Waals surface area (Å²) in [6, 6.07) is 3.29. The average molecular weight is 294 g/mol. The molecule has 0 aliphatic carbocycles. The molecule has 1 saturated heterocycles.